The van der Waals surface area contributed by atoms with E-state index in [2.05, 4.69) is 9.97 Å². The molecule has 9 heteroatoms. The molecule has 0 unspecified atom stereocenters. The molecule has 4 rings (SSSR count). The van der Waals surface area contributed by atoms with Crippen molar-refractivity contribution in [2.24, 2.45) is 7.05 Å². The summed E-state index contributed by atoms with van der Waals surface area (Å²) in [6.07, 6.45) is 4.38. The third-order valence-electron chi connectivity index (χ3n) is 4.98. The summed E-state index contributed by atoms with van der Waals surface area (Å²) in [5.41, 5.74) is -0.276. The highest BCUT2D eigenvalue weighted by Gasteiger charge is 2.25. The number of rotatable bonds is 2. The normalized spacial score (nSPS) is 15.4. The minimum absolute atomic E-state index is 0.150. The molecule has 1 aromatic carbocycles. The summed E-state index contributed by atoms with van der Waals surface area (Å²) in [7, 11) is 1.48. The van der Waals surface area contributed by atoms with Crippen LogP contribution in [0, 0.1) is 5.82 Å². The molecule has 1 aliphatic heterocycles. The zero-order chi connectivity index (χ0) is 19.1. The number of halogens is 2. The maximum absolute atomic E-state index is 13.7. The number of hydrogen-bond acceptors (Lipinski definition) is 5. The van der Waals surface area contributed by atoms with Crippen LogP contribution in [0.2, 0.25) is 5.02 Å². The molecule has 3 aromatic rings. The lowest BCUT2D eigenvalue weighted by Crippen LogP contribution is -2.45. The first kappa shape index (κ1) is 17.7. The highest BCUT2D eigenvalue weighted by Crippen LogP contribution is 2.26. The van der Waals surface area contributed by atoms with Crippen LogP contribution in [0.4, 0.5) is 10.3 Å². The van der Waals surface area contributed by atoms with Crippen molar-refractivity contribution in [1.82, 2.24) is 19.1 Å². The van der Waals surface area contributed by atoms with Crippen LogP contribution in [0.1, 0.15) is 18.9 Å². The van der Waals surface area contributed by atoms with E-state index in [0.717, 1.165) is 0 Å². The molecular weight excluding hydrogens is 373 g/mol. The maximum atomic E-state index is 13.7. The molecule has 1 saturated heterocycles. The Bertz CT molecular complexity index is 1120. The van der Waals surface area contributed by atoms with Gasteiger partial charge in [-0.15, -0.1) is 0 Å². The molecule has 1 aliphatic rings. The van der Waals surface area contributed by atoms with Gasteiger partial charge in [0.25, 0.3) is 0 Å². The van der Waals surface area contributed by atoms with Gasteiger partial charge in [-0.3, -0.25) is 14.2 Å². The van der Waals surface area contributed by atoms with E-state index >= 15 is 0 Å². The highest BCUT2D eigenvalue weighted by atomic mass is 35.5. The van der Waals surface area contributed by atoms with E-state index in [4.69, 9.17) is 11.6 Å². The van der Waals surface area contributed by atoms with Crippen molar-refractivity contribution in [3.8, 4) is 0 Å². The number of aryl methyl sites for hydroxylation is 1. The summed E-state index contributed by atoms with van der Waals surface area (Å²) in [5, 5.41) is 0.471. The van der Waals surface area contributed by atoms with Crippen LogP contribution in [0.15, 0.2) is 40.2 Å². The molecule has 3 heterocycles. The molecule has 0 radical (unpaired) electrons. The molecule has 2 aromatic heterocycles. The Labute approximate surface area is 158 Å². The molecule has 0 bridgehead atoms. The van der Waals surface area contributed by atoms with Crippen LogP contribution in [-0.4, -0.2) is 32.2 Å². The van der Waals surface area contributed by atoms with Gasteiger partial charge in [-0.1, -0.05) is 11.6 Å². The minimum atomic E-state index is -0.656. The van der Waals surface area contributed by atoms with E-state index in [-0.39, 0.29) is 6.04 Å². The fourth-order valence-electron chi connectivity index (χ4n) is 3.59. The quantitative estimate of drug-likeness (QED) is 0.628. The Hall–Kier alpha value is -2.74. The van der Waals surface area contributed by atoms with E-state index in [1.807, 2.05) is 4.90 Å². The molecule has 0 amide bonds. The molecule has 0 spiro atoms. The van der Waals surface area contributed by atoms with E-state index in [1.165, 1.54) is 28.3 Å². The molecule has 7 nitrogen and oxygen atoms in total. The van der Waals surface area contributed by atoms with Gasteiger partial charge in [0.15, 0.2) is 0 Å². The Morgan fingerprint density at radius 3 is 2.41 bits per heavy atom. The lowest BCUT2D eigenvalue weighted by molar-refractivity contribution is 0.391. The summed E-state index contributed by atoms with van der Waals surface area (Å²) in [6.45, 7) is 1.27. The third-order valence-corrected chi connectivity index (χ3v) is 5.18. The summed E-state index contributed by atoms with van der Waals surface area (Å²) in [6, 6.07) is 3.99. The first-order chi connectivity index (χ1) is 13.0. The van der Waals surface area contributed by atoms with Crippen LogP contribution in [0.25, 0.3) is 11.0 Å². The monoisotopic (exact) mass is 389 g/mol. The summed E-state index contributed by atoms with van der Waals surface area (Å²) < 4.78 is 16.4. The second kappa shape index (κ2) is 6.77. The fraction of sp³-hybridized carbons (Fsp3) is 0.333. The van der Waals surface area contributed by atoms with Gasteiger partial charge in [0.1, 0.15) is 5.82 Å². The predicted molar refractivity (Wildman–Crippen MR) is 101 cm³/mol. The maximum Gasteiger partial charge on any atom is 0.317 e. The third kappa shape index (κ3) is 3.10. The van der Waals surface area contributed by atoms with Crippen molar-refractivity contribution in [2.45, 2.75) is 18.9 Å². The predicted octanol–water partition coefficient (Wildman–Crippen LogP) is 2.12. The smallest absolute Gasteiger partial charge is 0.317 e. The van der Waals surface area contributed by atoms with Crippen molar-refractivity contribution in [3.05, 3.63) is 62.1 Å². The van der Waals surface area contributed by atoms with Gasteiger partial charge < -0.3 is 9.47 Å². The van der Waals surface area contributed by atoms with E-state index < -0.39 is 16.9 Å². The minimum Gasteiger partial charge on any atom is -0.341 e. The summed E-state index contributed by atoms with van der Waals surface area (Å²) >= 11 is 5.83. The van der Waals surface area contributed by atoms with Crippen molar-refractivity contribution in [3.63, 3.8) is 0 Å². The topological polar surface area (TPSA) is 73.0 Å². The van der Waals surface area contributed by atoms with Crippen molar-refractivity contribution in [1.29, 1.82) is 0 Å². The number of hydrogen-bond donors (Lipinski definition) is 0. The molecule has 140 valence electrons. The SMILES string of the molecule is Cn1c(=O)c(=O)n(C2CCN(c3ncc(Cl)cn3)CC2)c2ccc(F)cc21. The second-order valence-electron chi connectivity index (χ2n) is 6.59. The average Bonchev–Trinajstić information content (AvgIpc) is 2.68. The number of fused-ring (bicyclic) bond motifs is 1. The van der Waals surface area contributed by atoms with Gasteiger partial charge in [-0.05, 0) is 31.0 Å². The molecular formula is C18H17ClFN5O2. The average molecular weight is 390 g/mol. The van der Waals surface area contributed by atoms with Crippen LogP contribution in [0.3, 0.4) is 0 Å². The first-order valence-electron chi connectivity index (χ1n) is 8.59. The molecule has 27 heavy (non-hydrogen) atoms. The molecule has 0 saturated carbocycles. The zero-order valence-corrected chi connectivity index (χ0v) is 15.4. The number of anilines is 1. The largest absolute Gasteiger partial charge is 0.341 e. The second-order valence-corrected chi connectivity index (χ2v) is 7.03. The Balaban J connectivity index is 1.69. The van der Waals surface area contributed by atoms with Crippen LogP contribution >= 0.6 is 11.6 Å². The summed E-state index contributed by atoms with van der Waals surface area (Å²) in [4.78, 5) is 35.5. The van der Waals surface area contributed by atoms with Crippen molar-refractivity contribution in [2.75, 3.05) is 18.0 Å². The number of benzene rings is 1. The highest BCUT2D eigenvalue weighted by molar-refractivity contribution is 6.30. The van der Waals surface area contributed by atoms with Gasteiger partial charge in [-0.2, -0.15) is 0 Å². The zero-order valence-electron chi connectivity index (χ0n) is 14.6. The van der Waals surface area contributed by atoms with Crippen molar-refractivity contribution >= 4 is 28.6 Å². The first-order valence-corrected chi connectivity index (χ1v) is 8.97. The fourth-order valence-corrected chi connectivity index (χ4v) is 3.69. The van der Waals surface area contributed by atoms with Crippen LogP contribution in [0.5, 0.6) is 0 Å². The molecule has 0 aliphatic carbocycles. The standard InChI is InChI=1S/C18H17ClFN5O2/c1-23-15-8-12(20)2-3-14(15)25(17(27)16(23)26)13-4-6-24(7-5-13)18-21-9-11(19)10-22-18/h2-3,8-10,13H,4-7H2,1H3. The van der Waals surface area contributed by atoms with E-state index in [0.29, 0.717) is 47.9 Å². The van der Waals surface area contributed by atoms with Crippen LogP contribution in [-0.2, 0) is 7.05 Å². The number of piperidine rings is 1. The van der Waals surface area contributed by atoms with Crippen molar-refractivity contribution < 1.29 is 4.39 Å². The van der Waals surface area contributed by atoms with Gasteiger partial charge in [-0.25, -0.2) is 14.4 Å². The molecule has 1 fully saturated rings. The van der Waals surface area contributed by atoms with E-state index in [9.17, 15) is 14.0 Å². The Morgan fingerprint density at radius 2 is 1.74 bits per heavy atom. The molecule has 0 atom stereocenters. The van der Waals surface area contributed by atoms with Gasteiger partial charge in [0, 0.05) is 26.2 Å². The van der Waals surface area contributed by atoms with E-state index in [1.54, 1.807) is 18.5 Å². The Morgan fingerprint density at radius 1 is 1.07 bits per heavy atom. The van der Waals surface area contributed by atoms with Gasteiger partial charge in [0.05, 0.1) is 28.4 Å². The molecule has 0 N–H and O–H groups in total. The number of aromatic nitrogens is 4. The number of nitrogens with zero attached hydrogens (tertiary/aromatic N) is 5. The lowest BCUT2D eigenvalue weighted by atomic mass is 10.0. The Kier molecular flexibility index (Phi) is 4.43. The van der Waals surface area contributed by atoms with Gasteiger partial charge in [0.2, 0.25) is 5.95 Å². The van der Waals surface area contributed by atoms with Crippen LogP contribution < -0.4 is 16.0 Å². The lowest BCUT2D eigenvalue weighted by Gasteiger charge is -2.33. The van der Waals surface area contributed by atoms with Gasteiger partial charge >= 0.3 is 11.1 Å². The summed E-state index contributed by atoms with van der Waals surface area (Å²) in [5.74, 6) is 0.138.